The van der Waals surface area contributed by atoms with Crippen molar-refractivity contribution in [3.8, 4) is 0 Å². The molecule has 0 nitrogen and oxygen atoms in total. The molecule has 0 radical (unpaired) electrons. The first kappa shape index (κ1) is 15.9. The molecule has 0 aliphatic heterocycles. The molecular weight excluding hydrogens is 161 g/mol. The molecule has 0 aliphatic carbocycles. The Morgan fingerprint density at radius 2 is 1.00 bits per heavy atom. The van der Waals surface area contributed by atoms with Gasteiger partial charge in [-0.15, -0.1) is 13.8 Å². The fourth-order valence-corrected chi connectivity index (χ4v) is 0. The van der Waals surface area contributed by atoms with Gasteiger partial charge in [-0.25, -0.2) is 38.2 Å². The van der Waals surface area contributed by atoms with E-state index in [2.05, 4.69) is 13.8 Å². The number of allylic oxidation sites excluding steroid dienone is 4. The quantitative estimate of drug-likeness (QED) is 0.392. The molecular formula is C8H14Zn. The van der Waals surface area contributed by atoms with Crippen LogP contribution in [-0.2, 0) is 19.5 Å². The Morgan fingerprint density at radius 1 is 0.889 bits per heavy atom. The third-order valence-electron chi connectivity index (χ3n) is 0.471. The molecule has 0 aromatic carbocycles. The molecule has 1 heteroatoms. The standard InChI is InChI=1S/2C4H7.Zn/c2*1-3-4-2;/h2*3-4H,1H2,2H3;/q2*-1;+2/b2*4-3+;. The summed E-state index contributed by atoms with van der Waals surface area (Å²) >= 11 is 0. The summed E-state index contributed by atoms with van der Waals surface area (Å²) in [6.45, 7) is 10.7. The van der Waals surface area contributed by atoms with Crippen LogP contribution in [0.25, 0.3) is 0 Å². The minimum Gasteiger partial charge on any atom is -0.245 e. The summed E-state index contributed by atoms with van der Waals surface area (Å²) in [4.78, 5) is 0. The maximum Gasteiger partial charge on any atom is 2.00 e. The fourth-order valence-electron chi connectivity index (χ4n) is 0. The van der Waals surface area contributed by atoms with Crippen LogP contribution in [0.15, 0.2) is 24.3 Å². The Morgan fingerprint density at radius 3 is 1.00 bits per heavy atom. The zero-order valence-corrected chi connectivity index (χ0v) is 9.40. The molecule has 9 heavy (non-hydrogen) atoms. The van der Waals surface area contributed by atoms with Gasteiger partial charge < -0.3 is 0 Å². The molecule has 0 aromatic rings. The van der Waals surface area contributed by atoms with Gasteiger partial charge in [0.25, 0.3) is 0 Å². The number of rotatable bonds is 0. The van der Waals surface area contributed by atoms with E-state index in [4.69, 9.17) is 0 Å². The van der Waals surface area contributed by atoms with Crippen LogP contribution in [0.1, 0.15) is 13.8 Å². The number of hydrogen-bond acceptors (Lipinski definition) is 0. The van der Waals surface area contributed by atoms with Crippen LogP contribution in [0.2, 0.25) is 0 Å². The molecule has 0 bridgehead atoms. The molecule has 0 atom stereocenters. The first-order chi connectivity index (χ1) is 3.83. The molecule has 48 valence electrons. The van der Waals surface area contributed by atoms with Gasteiger partial charge in [-0.3, -0.25) is 0 Å². The van der Waals surface area contributed by atoms with E-state index >= 15 is 0 Å². The van der Waals surface area contributed by atoms with Crippen molar-refractivity contribution in [2.24, 2.45) is 0 Å². The van der Waals surface area contributed by atoms with Gasteiger partial charge in [-0.2, -0.15) is 0 Å². The summed E-state index contributed by atoms with van der Waals surface area (Å²) in [5, 5.41) is 0. The molecule has 0 fully saturated rings. The maximum absolute atomic E-state index is 3.42. The van der Waals surface area contributed by atoms with Crippen molar-refractivity contribution in [1.82, 2.24) is 0 Å². The second kappa shape index (κ2) is 24.9. The van der Waals surface area contributed by atoms with Crippen molar-refractivity contribution in [1.29, 1.82) is 0 Å². The van der Waals surface area contributed by atoms with Gasteiger partial charge in [0.05, 0.1) is 0 Å². The summed E-state index contributed by atoms with van der Waals surface area (Å²) in [7, 11) is 0. The van der Waals surface area contributed by atoms with Crippen LogP contribution in [0.5, 0.6) is 0 Å². The maximum atomic E-state index is 3.42. The topological polar surface area (TPSA) is 0 Å². The molecule has 0 aromatic heterocycles. The van der Waals surface area contributed by atoms with Crippen molar-refractivity contribution < 1.29 is 19.5 Å². The Balaban J connectivity index is -0.0000000720. The molecule has 0 heterocycles. The normalized spacial score (nSPS) is 8.22. The Labute approximate surface area is 71.8 Å². The minimum atomic E-state index is 0. The molecule has 0 saturated carbocycles. The fraction of sp³-hybridized carbons (Fsp3) is 0.250. The van der Waals surface area contributed by atoms with Gasteiger partial charge in [0.1, 0.15) is 0 Å². The van der Waals surface area contributed by atoms with Gasteiger partial charge in [0.15, 0.2) is 0 Å². The summed E-state index contributed by atoms with van der Waals surface area (Å²) < 4.78 is 0. The van der Waals surface area contributed by atoms with Crippen LogP contribution in [0.3, 0.4) is 0 Å². The monoisotopic (exact) mass is 174 g/mol. The van der Waals surface area contributed by atoms with E-state index in [1.54, 1.807) is 12.2 Å². The average Bonchev–Trinajstić information content (AvgIpc) is 1.88. The van der Waals surface area contributed by atoms with Gasteiger partial charge >= 0.3 is 19.5 Å². The molecule has 0 aliphatic rings. The van der Waals surface area contributed by atoms with Gasteiger partial charge in [-0.05, 0) is 0 Å². The average molecular weight is 176 g/mol. The predicted molar refractivity (Wildman–Crippen MR) is 40.3 cm³/mol. The van der Waals surface area contributed by atoms with Crippen LogP contribution < -0.4 is 0 Å². The van der Waals surface area contributed by atoms with E-state index in [-0.39, 0.29) is 19.5 Å². The van der Waals surface area contributed by atoms with Crippen molar-refractivity contribution in [2.45, 2.75) is 13.8 Å². The molecule has 0 saturated heterocycles. The molecule has 0 unspecified atom stereocenters. The summed E-state index contributed by atoms with van der Waals surface area (Å²) in [5.74, 6) is 0. The molecule has 0 N–H and O–H groups in total. The van der Waals surface area contributed by atoms with Crippen molar-refractivity contribution in [3.05, 3.63) is 38.2 Å². The van der Waals surface area contributed by atoms with Crippen molar-refractivity contribution in [2.75, 3.05) is 0 Å². The molecule has 0 rings (SSSR count). The predicted octanol–water partition coefficient (Wildman–Crippen LogP) is 2.79. The van der Waals surface area contributed by atoms with Gasteiger partial charge in [0.2, 0.25) is 0 Å². The van der Waals surface area contributed by atoms with Crippen LogP contribution in [0.4, 0.5) is 0 Å². The Bertz CT molecular complexity index is 45.0. The number of hydrogen-bond donors (Lipinski definition) is 0. The smallest absolute Gasteiger partial charge is 0.245 e. The zero-order chi connectivity index (χ0) is 6.83. The summed E-state index contributed by atoms with van der Waals surface area (Å²) in [6, 6.07) is 0. The largest absolute Gasteiger partial charge is 2.00 e. The minimum absolute atomic E-state index is 0. The Kier molecular flexibility index (Phi) is 44.0. The molecule has 0 spiro atoms. The van der Waals surface area contributed by atoms with E-state index in [0.29, 0.717) is 0 Å². The SMILES string of the molecule is [CH2-]/C=C/C.[CH2-]/C=C/C.[Zn+2]. The van der Waals surface area contributed by atoms with E-state index in [1.165, 1.54) is 0 Å². The summed E-state index contributed by atoms with van der Waals surface area (Å²) in [5.41, 5.74) is 0. The van der Waals surface area contributed by atoms with E-state index in [1.807, 2.05) is 26.0 Å². The molecule has 0 amide bonds. The first-order valence-electron chi connectivity index (χ1n) is 2.64. The van der Waals surface area contributed by atoms with Crippen LogP contribution in [-0.4, -0.2) is 0 Å². The third kappa shape index (κ3) is 78.8. The zero-order valence-electron chi connectivity index (χ0n) is 6.43. The van der Waals surface area contributed by atoms with Gasteiger partial charge in [0, 0.05) is 0 Å². The van der Waals surface area contributed by atoms with Crippen LogP contribution >= 0.6 is 0 Å². The first-order valence-corrected chi connectivity index (χ1v) is 2.64. The second-order valence-corrected chi connectivity index (χ2v) is 1.14. The van der Waals surface area contributed by atoms with Gasteiger partial charge in [-0.1, -0.05) is 0 Å². The van der Waals surface area contributed by atoms with E-state index < -0.39 is 0 Å². The van der Waals surface area contributed by atoms with E-state index in [0.717, 1.165) is 0 Å². The van der Waals surface area contributed by atoms with Crippen molar-refractivity contribution >= 4 is 0 Å². The van der Waals surface area contributed by atoms with E-state index in [9.17, 15) is 0 Å². The third-order valence-corrected chi connectivity index (χ3v) is 0.471. The van der Waals surface area contributed by atoms with Crippen LogP contribution in [0, 0.1) is 13.8 Å². The second-order valence-electron chi connectivity index (χ2n) is 1.14. The summed E-state index contributed by atoms with van der Waals surface area (Å²) in [6.07, 6.45) is 7.28. The van der Waals surface area contributed by atoms with Crippen molar-refractivity contribution in [3.63, 3.8) is 0 Å². The Hall–Kier alpha value is -0.157.